The van der Waals surface area contributed by atoms with E-state index >= 15 is 0 Å². The largest absolute Gasteiger partial charge is 0.381 e. The van der Waals surface area contributed by atoms with E-state index in [1.54, 1.807) is 0 Å². The van der Waals surface area contributed by atoms with Crippen LogP contribution in [-0.4, -0.2) is 6.54 Å². The normalized spacial score (nSPS) is 10.1. The lowest BCUT2D eigenvalue weighted by Crippen LogP contribution is -2.03. The van der Waals surface area contributed by atoms with Crippen molar-refractivity contribution in [1.82, 2.24) is 0 Å². The van der Waals surface area contributed by atoms with Gasteiger partial charge in [-0.2, -0.15) is 0 Å². The van der Waals surface area contributed by atoms with Crippen LogP contribution in [0, 0.1) is 13.8 Å². The van der Waals surface area contributed by atoms with Crippen molar-refractivity contribution in [2.24, 2.45) is 0 Å². The van der Waals surface area contributed by atoms with Crippen LogP contribution >= 0.6 is 0 Å². The van der Waals surface area contributed by atoms with E-state index in [9.17, 15) is 0 Å². The molecule has 0 saturated heterocycles. The summed E-state index contributed by atoms with van der Waals surface area (Å²) in [6.07, 6.45) is 0. The zero-order valence-electron chi connectivity index (χ0n) is 11.0. The fraction of sp³-hybridized carbons (Fsp3) is 0.176. The van der Waals surface area contributed by atoms with Crippen molar-refractivity contribution in [2.45, 2.75) is 13.8 Å². The Hall–Kier alpha value is -2.02. The summed E-state index contributed by atoms with van der Waals surface area (Å²) in [7, 11) is 0. The van der Waals surface area contributed by atoms with Crippen molar-refractivity contribution >= 4 is 11.3 Å². The third-order valence-electron chi connectivity index (χ3n) is 2.91. The monoisotopic (exact) mass is 237 g/mol. The fourth-order valence-electron chi connectivity index (χ4n) is 2.06. The third kappa shape index (κ3) is 3.24. The first kappa shape index (κ1) is 12.4. The summed E-state index contributed by atoms with van der Waals surface area (Å²) < 4.78 is 0. The van der Waals surface area contributed by atoms with Gasteiger partial charge in [-0.3, -0.25) is 0 Å². The van der Waals surface area contributed by atoms with E-state index < -0.39 is 0 Å². The maximum atomic E-state index is 4.12. The van der Waals surface area contributed by atoms with Gasteiger partial charge in [-0.05, 0) is 48.2 Å². The average Bonchev–Trinajstić information content (AvgIpc) is 2.36. The Balaban J connectivity index is 2.02. The van der Waals surface area contributed by atoms with Gasteiger partial charge in [-0.15, -0.1) is 0 Å². The van der Waals surface area contributed by atoms with Crippen LogP contribution in [0.1, 0.15) is 16.7 Å². The quantitative estimate of drug-likeness (QED) is 0.829. The molecule has 0 aromatic heterocycles. The smallest absolute Gasteiger partial charge is 0.0400 e. The number of benzene rings is 2. The van der Waals surface area contributed by atoms with Gasteiger partial charge in [0.2, 0.25) is 0 Å². The van der Waals surface area contributed by atoms with Gasteiger partial charge in [0.15, 0.2) is 0 Å². The van der Waals surface area contributed by atoms with E-state index in [-0.39, 0.29) is 0 Å². The molecule has 0 heterocycles. The molecule has 2 aromatic rings. The molecular weight excluding hydrogens is 218 g/mol. The van der Waals surface area contributed by atoms with Crippen molar-refractivity contribution in [3.63, 3.8) is 0 Å². The van der Waals surface area contributed by atoms with E-state index in [1.807, 2.05) is 18.2 Å². The van der Waals surface area contributed by atoms with Crippen LogP contribution in [-0.2, 0) is 0 Å². The third-order valence-corrected chi connectivity index (χ3v) is 2.91. The molecule has 92 valence electrons. The minimum Gasteiger partial charge on any atom is -0.381 e. The second kappa shape index (κ2) is 5.54. The number of nitrogens with one attached hydrogen (secondary N) is 1. The number of rotatable bonds is 4. The van der Waals surface area contributed by atoms with Crippen LogP contribution in [0.4, 0.5) is 5.69 Å². The van der Waals surface area contributed by atoms with Crippen LogP contribution in [0.25, 0.3) is 5.57 Å². The molecular formula is C17H19N. The van der Waals surface area contributed by atoms with E-state index in [0.29, 0.717) is 0 Å². The molecule has 1 heteroatoms. The number of hydrogen-bond donors (Lipinski definition) is 1. The fourth-order valence-corrected chi connectivity index (χ4v) is 2.06. The summed E-state index contributed by atoms with van der Waals surface area (Å²) in [5.74, 6) is 0. The van der Waals surface area contributed by atoms with Gasteiger partial charge in [-0.1, -0.05) is 43.0 Å². The van der Waals surface area contributed by atoms with Gasteiger partial charge < -0.3 is 5.32 Å². The second-order valence-corrected chi connectivity index (χ2v) is 4.70. The van der Waals surface area contributed by atoms with Gasteiger partial charge in [0.05, 0.1) is 0 Å². The molecule has 0 saturated carbocycles. The highest BCUT2D eigenvalue weighted by molar-refractivity contribution is 5.67. The van der Waals surface area contributed by atoms with E-state index in [2.05, 4.69) is 56.1 Å². The molecule has 1 N–H and O–H groups in total. The Morgan fingerprint density at radius 2 is 1.61 bits per heavy atom. The lowest BCUT2D eigenvalue weighted by molar-refractivity contribution is 1.30. The molecule has 18 heavy (non-hydrogen) atoms. The molecule has 0 aliphatic rings. The van der Waals surface area contributed by atoms with Crippen molar-refractivity contribution in [3.8, 4) is 0 Å². The summed E-state index contributed by atoms with van der Waals surface area (Å²) in [6, 6.07) is 16.8. The molecule has 0 aliphatic carbocycles. The highest BCUT2D eigenvalue weighted by atomic mass is 14.9. The van der Waals surface area contributed by atoms with E-state index in [1.165, 1.54) is 16.7 Å². The van der Waals surface area contributed by atoms with Crippen LogP contribution in [0.15, 0.2) is 55.1 Å². The van der Waals surface area contributed by atoms with E-state index in [0.717, 1.165) is 17.8 Å². The molecule has 0 aliphatic heterocycles. The first-order chi connectivity index (χ1) is 8.65. The lowest BCUT2D eigenvalue weighted by atomic mass is 10.1. The van der Waals surface area contributed by atoms with Crippen LogP contribution in [0.2, 0.25) is 0 Å². The summed E-state index contributed by atoms with van der Waals surface area (Å²) in [6.45, 7) is 9.12. The van der Waals surface area contributed by atoms with Crippen molar-refractivity contribution in [2.75, 3.05) is 11.9 Å². The SMILES string of the molecule is C=C(CNc1cc(C)cc(C)c1)c1ccccc1. The number of hydrogen-bond acceptors (Lipinski definition) is 1. The molecule has 0 unspecified atom stereocenters. The number of aryl methyl sites for hydroxylation is 2. The molecule has 0 spiro atoms. The first-order valence-corrected chi connectivity index (χ1v) is 6.20. The van der Waals surface area contributed by atoms with Gasteiger partial charge in [0.25, 0.3) is 0 Å². The average molecular weight is 237 g/mol. The Bertz CT molecular complexity index is 521. The maximum Gasteiger partial charge on any atom is 0.0400 e. The molecule has 0 atom stereocenters. The summed E-state index contributed by atoms with van der Waals surface area (Å²) >= 11 is 0. The van der Waals surface area contributed by atoms with Crippen LogP contribution in [0.5, 0.6) is 0 Å². The predicted molar refractivity (Wildman–Crippen MR) is 79.9 cm³/mol. The lowest BCUT2D eigenvalue weighted by Gasteiger charge is -2.10. The standard InChI is InChI=1S/C17H19N/c1-13-9-14(2)11-17(10-13)18-12-15(3)16-7-5-4-6-8-16/h4-11,18H,3,12H2,1-2H3. The highest BCUT2D eigenvalue weighted by Gasteiger charge is 1.99. The molecule has 0 radical (unpaired) electrons. The van der Waals surface area contributed by atoms with E-state index in [4.69, 9.17) is 0 Å². The minimum absolute atomic E-state index is 0.771. The number of anilines is 1. The molecule has 0 fully saturated rings. The topological polar surface area (TPSA) is 12.0 Å². The highest BCUT2D eigenvalue weighted by Crippen LogP contribution is 2.16. The van der Waals surface area contributed by atoms with Crippen LogP contribution < -0.4 is 5.32 Å². The Labute approximate surface area is 109 Å². The Morgan fingerprint density at radius 3 is 2.22 bits per heavy atom. The van der Waals surface area contributed by atoms with Gasteiger partial charge >= 0.3 is 0 Å². The van der Waals surface area contributed by atoms with Crippen molar-refractivity contribution in [3.05, 3.63) is 71.8 Å². The maximum absolute atomic E-state index is 4.12. The molecule has 2 aromatic carbocycles. The Morgan fingerprint density at radius 1 is 1.00 bits per heavy atom. The van der Waals surface area contributed by atoms with Gasteiger partial charge in [0.1, 0.15) is 0 Å². The van der Waals surface area contributed by atoms with Crippen LogP contribution in [0.3, 0.4) is 0 Å². The minimum atomic E-state index is 0.771. The molecule has 1 nitrogen and oxygen atoms in total. The summed E-state index contributed by atoms with van der Waals surface area (Å²) in [5.41, 5.74) is 6.01. The van der Waals surface area contributed by atoms with Crippen molar-refractivity contribution < 1.29 is 0 Å². The van der Waals surface area contributed by atoms with Crippen molar-refractivity contribution in [1.29, 1.82) is 0 Å². The van der Waals surface area contributed by atoms with Gasteiger partial charge in [-0.25, -0.2) is 0 Å². The molecule has 0 bridgehead atoms. The zero-order chi connectivity index (χ0) is 13.0. The van der Waals surface area contributed by atoms with Gasteiger partial charge in [0, 0.05) is 12.2 Å². The second-order valence-electron chi connectivity index (χ2n) is 4.70. The molecule has 2 rings (SSSR count). The summed E-state index contributed by atoms with van der Waals surface area (Å²) in [4.78, 5) is 0. The Kier molecular flexibility index (Phi) is 3.83. The summed E-state index contributed by atoms with van der Waals surface area (Å²) in [5, 5.41) is 3.43. The zero-order valence-corrected chi connectivity index (χ0v) is 11.0. The molecule has 0 amide bonds. The first-order valence-electron chi connectivity index (χ1n) is 6.20. The predicted octanol–water partition coefficient (Wildman–Crippen LogP) is 4.43.